The molecule has 1 aliphatic heterocycles. The molecule has 0 bridgehead atoms. The van der Waals surface area contributed by atoms with E-state index in [0.717, 1.165) is 25.7 Å². The molecule has 4 nitrogen and oxygen atoms in total. The molecule has 0 spiro atoms. The largest absolute Gasteiger partial charge is 0.300 e. The van der Waals surface area contributed by atoms with Gasteiger partial charge in [-0.3, -0.25) is 19.8 Å². The summed E-state index contributed by atoms with van der Waals surface area (Å²) in [5.41, 5.74) is 0.128. The Morgan fingerprint density at radius 1 is 1.35 bits per heavy atom. The van der Waals surface area contributed by atoms with Crippen LogP contribution < -0.4 is 5.32 Å². The van der Waals surface area contributed by atoms with Crippen LogP contribution in [0, 0.1) is 0 Å². The van der Waals surface area contributed by atoms with E-state index in [2.05, 4.69) is 12.2 Å². The third-order valence-corrected chi connectivity index (χ3v) is 4.16. The third kappa shape index (κ3) is 2.23. The van der Waals surface area contributed by atoms with Crippen molar-refractivity contribution in [3.8, 4) is 0 Å². The molecule has 0 radical (unpaired) electrons. The summed E-state index contributed by atoms with van der Waals surface area (Å²) in [6.07, 6.45) is 5.72. The lowest BCUT2D eigenvalue weighted by molar-refractivity contribution is -0.139. The number of amides is 2. The third-order valence-electron chi connectivity index (χ3n) is 4.16. The first-order valence-electron chi connectivity index (χ1n) is 6.74. The summed E-state index contributed by atoms with van der Waals surface area (Å²) >= 11 is 0. The van der Waals surface area contributed by atoms with Crippen LogP contribution in [-0.4, -0.2) is 34.8 Å². The second-order valence-electron chi connectivity index (χ2n) is 5.27. The Hall–Kier alpha value is -0.900. The van der Waals surface area contributed by atoms with E-state index in [4.69, 9.17) is 0 Å². The number of rotatable bonds is 5. The van der Waals surface area contributed by atoms with E-state index in [9.17, 15) is 9.59 Å². The Kier molecular flexibility index (Phi) is 3.52. The van der Waals surface area contributed by atoms with Gasteiger partial charge in [0, 0.05) is 12.1 Å². The lowest BCUT2D eigenvalue weighted by Crippen LogP contribution is -2.56. The molecule has 1 atom stereocenters. The second-order valence-corrected chi connectivity index (χ2v) is 5.27. The van der Waals surface area contributed by atoms with Crippen molar-refractivity contribution in [2.45, 2.75) is 64.0 Å². The first kappa shape index (κ1) is 12.6. The molecule has 2 aliphatic rings. The average Bonchev–Trinajstić information content (AvgIpc) is 2.52. The summed E-state index contributed by atoms with van der Waals surface area (Å²) in [4.78, 5) is 25.2. The lowest BCUT2D eigenvalue weighted by Gasteiger charge is -2.43. The Morgan fingerprint density at radius 3 is 2.53 bits per heavy atom. The van der Waals surface area contributed by atoms with Gasteiger partial charge in [0.2, 0.25) is 11.8 Å². The molecule has 96 valence electrons. The van der Waals surface area contributed by atoms with E-state index in [0.29, 0.717) is 13.0 Å². The van der Waals surface area contributed by atoms with Crippen molar-refractivity contribution in [2.24, 2.45) is 0 Å². The molecule has 1 heterocycles. The maximum Gasteiger partial charge on any atom is 0.246 e. The average molecular weight is 238 g/mol. The molecule has 4 heteroatoms. The minimum absolute atomic E-state index is 0.0140. The Morgan fingerprint density at radius 2 is 2.06 bits per heavy atom. The smallest absolute Gasteiger partial charge is 0.246 e. The molecule has 1 saturated carbocycles. The number of carbonyl (C=O) groups is 2. The zero-order valence-corrected chi connectivity index (χ0v) is 10.8. The van der Waals surface area contributed by atoms with Crippen LogP contribution in [0.1, 0.15) is 52.4 Å². The second kappa shape index (κ2) is 4.77. The van der Waals surface area contributed by atoms with E-state index in [1.807, 2.05) is 6.92 Å². The van der Waals surface area contributed by atoms with Crippen molar-refractivity contribution < 1.29 is 9.59 Å². The number of nitrogens with one attached hydrogen (secondary N) is 1. The molecule has 0 aromatic rings. The van der Waals surface area contributed by atoms with Crippen molar-refractivity contribution in [1.29, 1.82) is 0 Å². The van der Waals surface area contributed by atoms with Gasteiger partial charge in [0.05, 0.1) is 12.5 Å². The van der Waals surface area contributed by atoms with Gasteiger partial charge in [0.25, 0.3) is 0 Å². The van der Waals surface area contributed by atoms with Gasteiger partial charge >= 0.3 is 0 Å². The molecule has 0 aromatic heterocycles. The van der Waals surface area contributed by atoms with Gasteiger partial charge in [-0.2, -0.15) is 0 Å². The number of carbonyl (C=O) groups excluding carboxylic acids is 2. The van der Waals surface area contributed by atoms with Gasteiger partial charge in [0.15, 0.2) is 0 Å². The minimum Gasteiger partial charge on any atom is -0.300 e. The zero-order chi connectivity index (χ0) is 12.5. The summed E-state index contributed by atoms with van der Waals surface area (Å²) < 4.78 is 0. The fourth-order valence-electron chi connectivity index (χ4n) is 2.83. The first-order valence-corrected chi connectivity index (χ1v) is 6.74. The highest BCUT2D eigenvalue weighted by atomic mass is 16.2. The van der Waals surface area contributed by atoms with Gasteiger partial charge in [-0.15, -0.1) is 0 Å². The molecule has 2 amide bonds. The predicted molar refractivity (Wildman–Crippen MR) is 65.4 cm³/mol. The fraction of sp³-hybridized carbons (Fsp3) is 0.846. The zero-order valence-electron chi connectivity index (χ0n) is 10.8. The van der Waals surface area contributed by atoms with Gasteiger partial charge in [0.1, 0.15) is 0 Å². The summed E-state index contributed by atoms with van der Waals surface area (Å²) in [5.74, 6) is -0.0310. The number of nitrogens with zero attached hydrogens (tertiary/aromatic N) is 1. The van der Waals surface area contributed by atoms with Crippen molar-refractivity contribution >= 4 is 11.8 Å². The maximum atomic E-state index is 12.1. The number of hydrogen-bond acceptors (Lipinski definition) is 3. The van der Waals surface area contributed by atoms with Crippen LogP contribution in [0.15, 0.2) is 0 Å². The van der Waals surface area contributed by atoms with E-state index in [-0.39, 0.29) is 23.4 Å². The molecule has 1 aliphatic carbocycles. The van der Waals surface area contributed by atoms with Gasteiger partial charge in [-0.1, -0.05) is 13.8 Å². The molecule has 1 saturated heterocycles. The lowest BCUT2D eigenvalue weighted by atomic mass is 9.74. The SMILES string of the molecule is CCCN1C(=O)CC(NC2(CC)CCC2)C1=O. The van der Waals surface area contributed by atoms with Gasteiger partial charge < -0.3 is 0 Å². The summed E-state index contributed by atoms with van der Waals surface area (Å²) in [6.45, 7) is 4.70. The highest BCUT2D eigenvalue weighted by molar-refractivity contribution is 6.05. The summed E-state index contributed by atoms with van der Waals surface area (Å²) in [7, 11) is 0. The van der Waals surface area contributed by atoms with Crippen LogP contribution in [-0.2, 0) is 9.59 Å². The van der Waals surface area contributed by atoms with E-state index in [1.54, 1.807) is 0 Å². The minimum atomic E-state index is -0.269. The standard InChI is InChI=1S/C13H22N2O2/c1-3-8-15-11(16)9-10(12(15)17)14-13(4-2)6-5-7-13/h10,14H,3-9H2,1-2H3. The Bertz CT molecular complexity index is 318. The van der Waals surface area contributed by atoms with Crippen LogP contribution in [0.4, 0.5) is 0 Å². The highest BCUT2D eigenvalue weighted by Crippen LogP contribution is 2.36. The van der Waals surface area contributed by atoms with Crippen molar-refractivity contribution in [3.63, 3.8) is 0 Å². The Balaban J connectivity index is 1.99. The van der Waals surface area contributed by atoms with Crippen molar-refractivity contribution in [1.82, 2.24) is 10.2 Å². The molecular weight excluding hydrogens is 216 g/mol. The summed E-state index contributed by atoms with van der Waals surface area (Å²) in [5, 5.41) is 3.44. The van der Waals surface area contributed by atoms with Crippen LogP contribution in [0.25, 0.3) is 0 Å². The molecule has 1 N–H and O–H groups in total. The molecule has 0 aromatic carbocycles. The monoisotopic (exact) mass is 238 g/mol. The summed E-state index contributed by atoms with van der Waals surface area (Å²) in [6, 6.07) is -0.269. The van der Waals surface area contributed by atoms with Gasteiger partial charge in [-0.05, 0) is 32.1 Å². The van der Waals surface area contributed by atoms with Crippen molar-refractivity contribution in [2.75, 3.05) is 6.54 Å². The van der Waals surface area contributed by atoms with E-state index < -0.39 is 0 Å². The number of imide groups is 1. The molecular formula is C13H22N2O2. The highest BCUT2D eigenvalue weighted by Gasteiger charge is 2.44. The number of hydrogen-bond donors (Lipinski definition) is 1. The predicted octanol–water partition coefficient (Wildman–Crippen LogP) is 1.45. The van der Waals surface area contributed by atoms with Crippen LogP contribution >= 0.6 is 0 Å². The number of likely N-dealkylation sites (tertiary alicyclic amines) is 1. The molecule has 2 rings (SSSR count). The normalized spacial score (nSPS) is 27.4. The quantitative estimate of drug-likeness (QED) is 0.737. The maximum absolute atomic E-state index is 12.1. The van der Waals surface area contributed by atoms with Gasteiger partial charge in [-0.25, -0.2) is 0 Å². The van der Waals surface area contributed by atoms with Crippen LogP contribution in [0.3, 0.4) is 0 Å². The van der Waals surface area contributed by atoms with E-state index in [1.165, 1.54) is 11.3 Å². The first-order chi connectivity index (χ1) is 8.12. The Labute approximate surface area is 103 Å². The molecule has 2 fully saturated rings. The topological polar surface area (TPSA) is 49.4 Å². The van der Waals surface area contributed by atoms with Crippen LogP contribution in [0.5, 0.6) is 0 Å². The molecule has 1 unspecified atom stereocenters. The van der Waals surface area contributed by atoms with E-state index >= 15 is 0 Å². The molecule has 17 heavy (non-hydrogen) atoms. The van der Waals surface area contributed by atoms with Crippen molar-refractivity contribution in [3.05, 3.63) is 0 Å². The fourth-order valence-corrected chi connectivity index (χ4v) is 2.83. The van der Waals surface area contributed by atoms with Crippen LogP contribution in [0.2, 0.25) is 0 Å².